The van der Waals surface area contributed by atoms with Crippen molar-refractivity contribution in [1.82, 2.24) is 20.0 Å². The van der Waals surface area contributed by atoms with E-state index in [1.54, 1.807) is 0 Å². The number of amides is 2. The third-order valence-corrected chi connectivity index (χ3v) is 4.63. The second kappa shape index (κ2) is 7.33. The lowest BCUT2D eigenvalue weighted by Gasteiger charge is -2.32. The number of likely N-dealkylation sites (tertiary alicyclic amines) is 1. The van der Waals surface area contributed by atoms with Crippen molar-refractivity contribution >= 4 is 11.8 Å². The van der Waals surface area contributed by atoms with Gasteiger partial charge in [-0.3, -0.25) is 19.4 Å². The van der Waals surface area contributed by atoms with Gasteiger partial charge in [0.2, 0.25) is 11.8 Å². The molecule has 2 aliphatic rings. The number of carbonyl (C=O) groups excluding carboxylic acids is 2. The molecule has 1 N–H and O–H groups in total. The van der Waals surface area contributed by atoms with Gasteiger partial charge in [0, 0.05) is 45.3 Å². The molecule has 2 heterocycles. The summed E-state index contributed by atoms with van der Waals surface area (Å²) in [5, 5.41) is 3.26. The monoisotopic (exact) mass is 296 g/mol. The zero-order valence-electron chi connectivity index (χ0n) is 13.5. The van der Waals surface area contributed by atoms with E-state index < -0.39 is 0 Å². The minimum Gasteiger partial charge on any atom is -0.304 e. The van der Waals surface area contributed by atoms with E-state index in [1.165, 1.54) is 4.90 Å². The van der Waals surface area contributed by atoms with Crippen LogP contribution in [0.1, 0.15) is 26.7 Å². The summed E-state index contributed by atoms with van der Waals surface area (Å²) < 4.78 is 0. The number of hydrogen-bond acceptors (Lipinski definition) is 5. The van der Waals surface area contributed by atoms with Crippen LogP contribution in [0, 0.1) is 0 Å². The molecule has 0 spiro atoms. The summed E-state index contributed by atoms with van der Waals surface area (Å²) in [6.07, 6.45) is 1.12. The highest BCUT2D eigenvalue weighted by molar-refractivity contribution is 6.05. The lowest BCUT2D eigenvalue weighted by Crippen LogP contribution is -2.48. The van der Waals surface area contributed by atoms with Gasteiger partial charge in [0.1, 0.15) is 0 Å². The van der Waals surface area contributed by atoms with Gasteiger partial charge < -0.3 is 10.2 Å². The Morgan fingerprint density at radius 3 is 2.52 bits per heavy atom. The Kier molecular flexibility index (Phi) is 5.72. The number of carbonyl (C=O) groups is 2. The maximum absolute atomic E-state index is 12.3. The quantitative estimate of drug-likeness (QED) is 0.685. The molecule has 2 amide bonds. The fourth-order valence-corrected chi connectivity index (χ4v) is 2.92. The van der Waals surface area contributed by atoms with Gasteiger partial charge in [0.05, 0.1) is 12.5 Å². The molecule has 0 aromatic carbocycles. The largest absolute Gasteiger partial charge is 0.304 e. The predicted octanol–water partition coefficient (Wildman–Crippen LogP) is -0.251. The molecule has 2 rings (SSSR count). The lowest BCUT2D eigenvalue weighted by atomic mass is 10.2. The molecule has 2 fully saturated rings. The fourth-order valence-electron chi connectivity index (χ4n) is 2.92. The predicted molar refractivity (Wildman–Crippen MR) is 82.0 cm³/mol. The van der Waals surface area contributed by atoms with E-state index in [0.717, 1.165) is 45.7 Å². The maximum atomic E-state index is 12.3. The molecule has 0 aromatic heterocycles. The highest BCUT2D eigenvalue weighted by atomic mass is 16.2. The van der Waals surface area contributed by atoms with E-state index in [1.807, 2.05) is 13.8 Å². The molecule has 6 heteroatoms. The van der Waals surface area contributed by atoms with Gasteiger partial charge >= 0.3 is 0 Å². The number of piperazine rings is 1. The van der Waals surface area contributed by atoms with Crippen molar-refractivity contribution in [2.75, 3.05) is 46.3 Å². The Hall–Kier alpha value is -0.980. The van der Waals surface area contributed by atoms with Crippen LogP contribution in [0.4, 0.5) is 0 Å². The molecule has 2 aliphatic heterocycles. The van der Waals surface area contributed by atoms with Crippen LogP contribution in [0.3, 0.4) is 0 Å². The summed E-state index contributed by atoms with van der Waals surface area (Å²) >= 11 is 0. The molecule has 6 nitrogen and oxygen atoms in total. The fraction of sp³-hybridized carbons (Fsp3) is 0.867. The van der Waals surface area contributed by atoms with Gasteiger partial charge in [-0.2, -0.15) is 0 Å². The average molecular weight is 296 g/mol. The smallest absolute Gasteiger partial charge is 0.247 e. The zero-order chi connectivity index (χ0) is 15.4. The van der Waals surface area contributed by atoms with Crippen molar-refractivity contribution in [2.24, 2.45) is 0 Å². The van der Waals surface area contributed by atoms with E-state index in [4.69, 9.17) is 0 Å². The summed E-state index contributed by atoms with van der Waals surface area (Å²) in [4.78, 5) is 30.4. The van der Waals surface area contributed by atoms with Crippen LogP contribution in [0.25, 0.3) is 0 Å². The van der Waals surface area contributed by atoms with Crippen LogP contribution in [0.2, 0.25) is 0 Å². The van der Waals surface area contributed by atoms with Crippen molar-refractivity contribution in [3.05, 3.63) is 0 Å². The average Bonchev–Trinajstić information content (AvgIpc) is 2.75. The highest BCUT2D eigenvalue weighted by Gasteiger charge is 2.40. The first kappa shape index (κ1) is 16.4. The Labute approximate surface area is 127 Å². The standard InChI is InChI=1S/C15H28N4O2/c1-4-12(2)19-14(20)11-13(15(19)21)16-5-6-18-9-7-17(3)8-10-18/h12-13,16H,4-11H2,1-3H3. The van der Waals surface area contributed by atoms with E-state index in [-0.39, 0.29) is 23.9 Å². The van der Waals surface area contributed by atoms with E-state index in [0.29, 0.717) is 6.42 Å². The summed E-state index contributed by atoms with van der Waals surface area (Å²) in [5.41, 5.74) is 0. The summed E-state index contributed by atoms with van der Waals surface area (Å²) in [7, 11) is 2.14. The second-order valence-corrected chi connectivity index (χ2v) is 6.21. The minimum atomic E-state index is -0.320. The Morgan fingerprint density at radius 1 is 1.24 bits per heavy atom. The molecule has 2 unspecified atom stereocenters. The van der Waals surface area contributed by atoms with Gasteiger partial charge in [-0.1, -0.05) is 6.92 Å². The Balaban J connectivity index is 1.74. The SMILES string of the molecule is CCC(C)N1C(=O)CC(NCCN2CCN(C)CC2)C1=O. The molecule has 120 valence electrons. The number of hydrogen-bond donors (Lipinski definition) is 1. The first-order valence-corrected chi connectivity index (χ1v) is 8.03. The van der Waals surface area contributed by atoms with Gasteiger partial charge in [-0.05, 0) is 20.4 Å². The molecule has 0 aliphatic carbocycles. The van der Waals surface area contributed by atoms with Gasteiger partial charge in [-0.25, -0.2) is 0 Å². The molecule has 2 saturated heterocycles. The number of nitrogens with zero attached hydrogens (tertiary/aromatic N) is 3. The van der Waals surface area contributed by atoms with Crippen LogP contribution < -0.4 is 5.32 Å². The Bertz CT molecular complexity index is 380. The lowest BCUT2D eigenvalue weighted by molar-refractivity contribution is -0.141. The van der Waals surface area contributed by atoms with Crippen molar-refractivity contribution in [3.8, 4) is 0 Å². The van der Waals surface area contributed by atoms with Crippen molar-refractivity contribution in [1.29, 1.82) is 0 Å². The summed E-state index contributed by atoms with van der Waals surface area (Å²) in [6, 6.07) is -0.312. The molecule has 0 saturated carbocycles. The minimum absolute atomic E-state index is 0.00873. The Morgan fingerprint density at radius 2 is 1.90 bits per heavy atom. The number of rotatable bonds is 6. The van der Waals surface area contributed by atoms with Gasteiger partial charge in [0.15, 0.2) is 0 Å². The third kappa shape index (κ3) is 4.02. The maximum Gasteiger partial charge on any atom is 0.247 e. The molecule has 0 aromatic rings. The van der Waals surface area contributed by atoms with Gasteiger partial charge in [0.25, 0.3) is 0 Å². The van der Waals surface area contributed by atoms with E-state index in [9.17, 15) is 9.59 Å². The molecular weight excluding hydrogens is 268 g/mol. The molecule has 0 bridgehead atoms. The highest BCUT2D eigenvalue weighted by Crippen LogP contribution is 2.17. The van der Waals surface area contributed by atoms with Crippen LogP contribution in [-0.4, -0.2) is 84.9 Å². The number of likely N-dealkylation sites (N-methyl/N-ethyl adjacent to an activating group) is 1. The second-order valence-electron chi connectivity index (χ2n) is 6.21. The third-order valence-electron chi connectivity index (χ3n) is 4.63. The van der Waals surface area contributed by atoms with Crippen LogP contribution in [0.5, 0.6) is 0 Å². The first-order chi connectivity index (χ1) is 10.0. The van der Waals surface area contributed by atoms with Crippen LogP contribution >= 0.6 is 0 Å². The topological polar surface area (TPSA) is 55.9 Å². The molecular formula is C15H28N4O2. The van der Waals surface area contributed by atoms with Crippen molar-refractivity contribution in [3.63, 3.8) is 0 Å². The van der Waals surface area contributed by atoms with E-state index in [2.05, 4.69) is 22.2 Å². The molecule has 0 radical (unpaired) electrons. The van der Waals surface area contributed by atoms with Gasteiger partial charge in [-0.15, -0.1) is 0 Å². The number of nitrogens with one attached hydrogen (secondary N) is 1. The summed E-state index contributed by atoms with van der Waals surface area (Å²) in [5.74, 6) is -0.0841. The zero-order valence-corrected chi connectivity index (χ0v) is 13.5. The van der Waals surface area contributed by atoms with E-state index >= 15 is 0 Å². The molecule has 2 atom stereocenters. The van der Waals surface area contributed by atoms with Crippen molar-refractivity contribution in [2.45, 2.75) is 38.8 Å². The van der Waals surface area contributed by atoms with Crippen molar-refractivity contribution < 1.29 is 9.59 Å². The molecule has 21 heavy (non-hydrogen) atoms. The van der Waals surface area contributed by atoms with Crippen LogP contribution in [-0.2, 0) is 9.59 Å². The first-order valence-electron chi connectivity index (χ1n) is 8.03. The summed E-state index contributed by atoms with van der Waals surface area (Å²) in [6.45, 7) is 9.99. The normalized spacial score (nSPS) is 26.6. The number of imide groups is 1. The van der Waals surface area contributed by atoms with Crippen LogP contribution in [0.15, 0.2) is 0 Å².